The largest absolute Gasteiger partial charge is 0.354 e. The molecule has 23 heavy (non-hydrogen) atoms. The minimum absolute atomic E-state index is 0.0618. The lowest BCUT2D eigenvalue weighted by molar-refractivity contribution is -0.384. The van der Waals surface area contributed by atoms with E-state index in [1.165, 1.54) is 24.3 Å². The third-order valence-electron chi connectivity index (χ3n) is 3.08. The molecular formula is C14H10N4O4S. The van der Waals surface area contributed by atoms with Gasteiger partial charge in [0.25, 0.3) is 5.69 Å². The van der Waals surface area contributed by atoms with E-state index in [1.807, 2.05) is 0 Å². The van der Waals surface area contributed by atoms with Gasteiger partial charge in [0.1, 0.15) is 0 Å². The van der Waals surface area contributed by atoms with Crippen molar-refractivity contribution in [1.82, 2.24) is 5.16 Å². The van der Waals surface area contributed by atoms with Gasteiger partial charge in [-0.15, -0.1) is 0 Å². The van der Waals surface area contributed by atoms with Crippen molar-refractivity contribution in [2.45, 2.75) is 0 Å². The normalized spacial score (nSPS) is 10.5. The van der Waals surface area contributed by atoms with Crippen molar-refractivity contribution >= 4 is 47.0 Å². The van der Waals surface area contributed by atoms with Gasteiger partial charge in [-0.05, 0) is 24.3 Å². The number of nitro benzene ring substituents is 1. The fourth-order valence-electron chi connectivity index (χ4n) is 1.96. The number of carbonyl (C=O) groups excluding carboxylic acids is 1. The van der Waals surface area contributed by atoms with Gasteiger partial charge < -0.3 is 9.84 Å². The van der Waals surface area contributed by atoms with Gasteiger partial charge in [-0.1, -0.05) is 30.1 Å². The zero-order chi connectivity index (χ0) is 16.4. The number of amides is 2. The van der Waals surface area contributed by atoms with E-state index in [-0.39, 0.29) is 11.5 Å². The Morgan fingerprint density at radius 1 is 1.22 bits per heavy atom. The average molecular weight is 330 g/mol. The third-order valence-corrected chi connectivity index (χ3v) is 3.45. The molecule has 3 rings (SSSR count). The molecule has 0 spiro atoms. The smallest absolute Gasteiger partial charge is 0.337 e. The van der Waals surface area contributed by atoms with E-state index in [1.54, 1.807) is 24.3 Å². The molecular weight excluding hydrogens is 320 g/mol. The molecule has 0 radical (unpaired) electrons. The number of aromatic nitrogens is 1. The molecule has 0 aliphatic heterocycles. The summed E-state index contributed by atoms with van der Waals surface area (Å²) < 4.78 is 6.12. The highest BCUT2D eigenvalue weighted by Gasteiger charge is 2.19. The first-order chi connectivity index (χ1) is 11.1. The summed E-state index contributed by atoms with van der Waals surface area (Å²) >= 11 is 4.13. The first-order valence-corrected chi connectivity index (χ1v) is 6.85. The summed E-state index contributed by atoms with van der Waals surface area (Å²) in [6.45, 7) is 0. The van der Waals surface area contributed by atoms with E-state index in [2.05, 4.69) is 23.3 Å². The standard InChI is InChI=1S/C14H10N4O4S/c19-14(15-9-5-7-10(8-6-9)18(20)21)17(23)13-11-3-1-2-4-12(11)22-16-13/h1-8,23H,(H,15,19). The highest BCUT2D eigenvalue weighted by Crippen LogP contribution is 2.27. The Kier molecular flexibility index (Phi) is 3.85. The lowest BCUT2D eigenvalue weighted by atomic mass is 10.2. The lowest BCUT2D eigenvalue weighted by Crippen LogP contribution is -2.27. The average Bonchev–Trinajstić information content (AvgIpc) is 2.98. The molecule has 9 heteroatoms. The summed E-state index contributed by atoms with van der Waals surface area (Å²) in [5.74, 6) is 0.253. The molecule has 0 unspecified atom stereocenters. The number of urea groups is 1. The molecule has 0 saturated heterocycles. The van der Waals surface area contributed by atoms with Gasteiger partial charge in [0, 0.05) is 17.8 Å². The van der Waals surface area contributed by atoms with Crippen LogP contribution in [0.4, 0.5) is 22.0 Å². The van der Waals surface area contributed by atoms with Crippen LogP contribution in [0.2, 0.25) is 0 Å². The van der Waals surface area contributed by atoms with Crippen LogP contribution in [0.3, 0.4) is 0 Å². The van der Waals surface area contributed by atoms with Crippen LogP contribution in [-0.4, -0.2) is 16.1 Å². The number of para-hydroxylation sites is 1. The number of benzene rings is 2. The quantitative estimate of drug-likeness (QED) is 0.434. The Hall–Kier alpha value is -3.07. The number of anilines is 2. The van der Waals surface area contributed by atoms with Crippen molar-refractivity contribution in [3.05, 3.63) is 58.6 Å². The molecule has 8 nitrogen and oxygen atoms in total. The second-order valence-electron chi connectivity index (χ2n) is 4.55. The summed E-state index contributed by atoms with van der Waals surface area (Å²) in [6, 6.07) is 11.9. The van der Waals surface area contributed by atoms with Crippen LogP contribution in [0, 0.1) is 10.1 Å². The molecule has 2 aromatic carbocycles. The maximum absolute atomic E-state index is 12.2. The number of non-ortho nitro benzene ring substituents is 1. The Labute approximate surface area is 135 Å². The van der Waals surface area contributed by atoms with Gasteiger partial charge >= 0.3 is 6.03 Å². The molecule has 1 aromatic heterocycles. The number of nitrogens with zero attached hydrogens (tertiary/aromatic N) is 3. The molecule has 116 valence electrons. The van der Waals surface area contributed by atoms with E-state index in [0.29, 0.717) is 16.7 Å². The Balaban J connectivity index is 1.78. The SMILES string of the molecule is O=C(Nc1ccc([N+](=O)[O-])cc1)N(S)c1noc2ccccc12. The second kappa shape index (κ2) is 5.97. The molecule has 0 aliphatic rings. The third kappa shape index (κ3) is 2.94. The molecule has 0 atom stereocenters. The minimum atomic E-state index is -0.568. The molecule has 0 fully saturated rings. The number of hydrogen-bond donors (Lipinski definition) is 2. The zero-order valence-corrected chi connectivity index (χ0v) is 12.4. The van der Waals surface area contributed by atoms with Gasteiger partial charge in [0.05, 0.1) is 10.3 Å². The monoisotopic (exact) mass is 330 g/mol. The molecule has 1 N–H and O–H groups in total. The number of rotatable bonds is 3. The molecule has 0 aliphatic carbocycles. The Bertz CT molecular complexity index is 878. The van der Waals surface area contributed by atoms with Crippen molar-refractivity contribution in [3.63, 3.8) is 0 Å². The zero-order valence-electron chi connectivity index (χ0n) is 11.5. The Morgan fingerprint density at radius 2 is 1.91 bits per heavy atom. The summed E-state index contributed by atoms with van der Waals surface area (Å²) in [5.41, 5.74) is 0.866. The van der Waals surface area contributed by atoms with E-state index in [4.69, 9.17) is 4.52 Å². The predicted molar refractivity (Wildman–Crippen MR) is 87.6 cm³/mol. The van der Waals surface area contributed by atoms with E-state index in [0.717, 1.165) is 4.31 Å². The van der Waals surface area contributed by atoms with Crippen LogP contribution in [0.25, 0.3) is 11.0 Å². The van der Waals surface area contributed by atoms with E-state index >= 15 is 0 Å². The number of nitro groups is 1. The van der Waals surface area contributed by atoms with Gasteiger partial charge in [0.15, 0.2) is 11.4 Å². The summed E-state index contributed by atoms with van der Waals surface area (Å²) in [4.78, 5) is 22.3. The topological polar surface area (TPSA) is 102 Å². The van der Waals surface area contributed by atoms with Gasteiger partial charge in [-0.2, -0.15) is 0 Å². The molecule has 2 amide bonds. The van der Waals surface area contributed by atoms with Crippen molar-refractivity contribution in [1.29, 1.82) is 0 Å². The van der Waals surface area contributed by atoms with Crippen LogP contribution < -0.4 is 9.62 Å². The fourth-order valence-corrected chi connectivity index (χ4v) is 2.16. The van der Waals surface area contributed by atoms with Crippen molar-refractivity contribution in [3.8, 4) is 0 Å². The molecule has 0 bridgehead atoms. The van der Waals surface area contributed by atoms with Crippen LogP contribution in [-0.2, 0) is 0 Å². The second-order valence-corrected chi connectivity index (χ2v) is 4.95. The van der Waals surface area contributed by atoms with Gasteiger partial charge in [-0.25, -0.2) is 9.10 Å². The molecule has 0 saturated carbocycles. The lowest BCUT2D eigenvalue weighted by Gasteiger charge is -2.13. The number of thiol groups is 1. The van der Waals surface area contributed by atoms with Crippen molar-refractivity contribution < 1.29 is 14.2 Å². The first-order valence-electron chi connectivity index (χ1n) is 6.45. The summed E-state index contributed by atoms with van der Waals surface area (Å²) in [7, 11) is 0. The van der Waals surface area contributed by atoms with Crippen LogP contribution >= 0.6 is 12.8 Å². The highest BCUT2D eigenvalue weighted by molar-refractivity contribution is 7.82. The first kappa shape index (κ1) is 14.9. The van der Waals surface area contributed by atoms with Crippen LogP contribution in [0.1, 0.15) is 0 Å². The summed E-state index contributed by atoms with van der Waals surface area (Å²) in [5, 5.41) is 17.6. The highest BCUT2D eigenvalue weighted by atomic mass is 32.1. The van der Waals surface area contributed by atoms with Crippen molar-refractivity contribution in [2.75, 3.05) is 9.62 Å². The van der Waals surface area contributed by atoms with E-state index in [9.17, 15) is 14.9 Å². The number of fused-ring (bicyclic) bond motifs is 1. The van der Waals surface area contributed by atoms with E-state index < -0.39 is 11.0 Å². The maximum Gasteiger partial charge on any atom is 0.337 e. The maximum atomic E-state index is 12.2. The van der Waals surface area contributed by atoms with Gasteiger partial charge in [-0.3, -0.25) is 10.1 Å². The predicted octanol–water partition coefficient (Wildman–Crippen LogP) is 3.62. The van der Waals surface area contributed by atoms with Crippen LogP contribution in [0.15, 0.2) is 53.1 Å². The number of nitrogens with one attached hydrogen (secondary N) is 1. The molecule has 1 heterocycles. The Morgan fingerprint density at radius 3 is 2.61 bits per heavy atom. The minimum Gasteiger partial charge on any atom is -0.354 e. The molecule has 3 aromatic rings. The summed E-state index contributed by atoms with van der Waals surface area (Å²) in [6.07, 6.45) is 0. The number of carbonyl (C=O) groups is 1. The van der Waals surface area contributed by atoms with Crippen LogP contribution in [0.5, 0.6) is 0 Å². The fraction of sp³-hybridized carbons (Fsp3) is 0. The van der Waals surface area contributed by atoms with Crippen molar-refractivity contribution in [2.24, 2.45) is 0 Å². The number of hydrogen-bond acceptors (Lipinski definition) is 6. The van der Waals surface area contributed by atoms with Gasteiger partial charge in [0.2, 0.25) is 0 Å².